The summed E-state index contributed by atoms with van der Waals surface area (Å²) in [5.74, 6) is 0.776. The molecule has 4 aromatic rings. The predicted molar refractivity (Wildman–Crippen MR) is 106 cm³/mol. The number of anilines is 1. The topological polar surface area (TPSA) is 128 Å². The SMILES string of the molecule is Cn1c(CNC(=O)Nc2nccc3ncccc23)nc(-c2ccncn2)cc1=O. The van der Waals surface area contributed by atoms with E-state index in [1.807, 2.05) is 6.07 Å². The third kappa shape index (κ3) is 3.90. The molecule has 10 heteroatoms. The van der Waals surface area contributed by atoms with Gasteiger partial charge in [0.2, 0.25) is 0 Å². The largest absolute Gasteiger partial charge is 0.331 e. The van der Waals surface area contributed by atoms with Crippen LogP contribution in [0.3, 0.4) is 0 Å². The fraction of sp³-hybridized carbons (Fsp3) is 0.105. The molecule has 10 nitrogen and oxygen atoms in total. The van der Waals surface area contributed by atoms with Crippen LogP contribution in [0.15, 0.2) is 60.0 Å². The van der Waals surface area contributed by atoms with Gasteiger partial charge < -0.3 is 5.32 Å². The lowest BCUT2D eigenvalue weighted by Crippen LogP contribution is -2.32. The van der Waals surface area contributed by atoms with Gasteiger partial charge in [-0.3, -0.25) is 19.7 Å². The highest BCUT2D eigenvalue weighted by molar-refractivity contribution is 5.98. The van der Waals surface area contributed by atoms with Crippen LogP contribution < -0.4 is 16.2 Å². The molecule has 0 aliphatic rings. The van der Waals surface area contributed by atoms with Gasteiger partial charge in [-0.15, -0.1) is 0 Å². The molecule has 0 bridgehead atoms. The first-order valence-electron chi connectivity index (χ1n) is 8.70. The first-order chi connectivity index (χ1) is 14.1. The van der Waals surface area contributed by atoms with Crippen molar-refractivity contribution in [2.24, 2.45) is 7.05 Å². The molecule has 2 amide bonds. The molecule has 4 rings (SSSR count). The zero-order valence-electron chi connectivity index (χ0n) is 15.4. The third-order valence-electron chi connectivity index (χ3n) is 4.24. The highest BCUT2D eigenvalue weighted by Crippen LogP contribution is 2.18. The number of hydrogen-bond donors (Lipinski definition) is 2. The minimum atomic E-state index is -0.476. The number of nitrogens with one attached hydrogen (secondary N) is 2. The molecule has 0 fully saturated rings. The molecule has 0 aliphatic carbocycles. The predicted octanol–water partition coefficient (Wildman–Crippen LogP) is 1.50. The summed E-state index contributed by atoms with van der Waals surface area (Å²) in [7, 11) is 1.59. The Morgan fingerprint density at radius 1 is 1.07 bits per heavy atom. The molecule has 0 saturated heterocycles. The van der Waals surface area contributed by atoms with Gasteiger partial charge in [0.25, 0.3) is 5.56 Å². The summed E-state index contributed by atoms with van der Waals surface area (Å²) in [5.41, 5.74) is 1.40. The number of carbonyl (C=O) groups excluding carboxylic acids is 1. The summed E-state index contributed by atoms with van der Waals surface area (Å²) < 4.78 is 1.37. The van der Waals surface area contributed by atoms with E-state index < -0.39 is 6.03 Å². The van der Waals surface area contributed by atoms with Crippen LogP contribution in [0.5, 0.6) is 0 Å². The van der Waals surface area contributed by atoms with Crippen LogP contribution in [0.1, 0.15) is 5.82 Å². The fourth-order valence-corrected chi connectivity index (χ4v) is 2.73. The minimum absolute atomic E-state index is 0.0412. The van der Waals surface area contributed by atoms with Crippen LogP contribution >= 0.6 is 0 Å². The Hall–Kier alpha value is -4.21. The van der Waals surface area contributed by atoms with Gasteiger partial charge in [0.1, 0.15) is 18.0 Å². The molecule has 0 saturated carbocycles. The lowest BCUT2D eigenvalue weighted by molar-refractivity contribution is 0.251. The lowest BCUT2D eigenvalue weighted by atomic mass is 10.2. The van der Waals surface area contributed by atoms with E-state index in [4.69, 9.17) is 0 Å². The van der Waals surface area contributed by atoms with Gasteiger partial charge in [0.15, 0.2) is 0 Å². The molecular weight excluding hydrogens is 372 g/mol. The maximum Gasteiger partial charge on any atom is 0.320 e. The van der Waals surface area contributed by atoms with E-state index >= 15 is 0 Å². The van der Waals surface area contributed by atoms with E-state index in [1.165, 1.54) is 17.0 Å². The van der Waals surface area contributed by atoms with Crippen molar-refractivity contribution >= 4 is 22.8 Å². The van der Waals surface area contributed by atoms with E-state index in [0.717, 1.165) is 10.9 Å². The summed E-state index contributed by atoms with van der Waals surface area (Å²) in [5, 5.41) is 6.12. The average Bonchev–Trinajstić information content (AvgIpc) is 2.75. The molecule has 144 valence electrons. The Morgan fingerprint density at radius 3 is 2.79 bits per heavy atom. The van der Waals surface area contributed by atoms with E-state index in [1.54, 1.807) is 43.8 Å². The summed E-state index contributed by atoms with van der Waals surface area (Å²) in [6, 6.07) is 7.92. The molecule has 0 spiro atoms. The molecule has 0 aromatic carbocycles. The minimum Gasteiger partial charge on any atom is -0.331 e. The number of nitrogens with zero attached hydrogens (tertiary/aromatic N) is 6. The summed E-state index contributed by atoms with van der Waals surface area (Å²) >= 11 is 0. The number of pyridine rings is 2. The molecular formula is C19H16N8O2. The van der Waals surface area contributed by atoms with Crippen molar-refractivity contribution in [3.05, 3.63) is 71.4 Å². The van der Waals surface area contributed by atoms with Gasteiger partial charge in [0.05, 0.1) is 23.4 Å². The van der Waals surface area contributed by atoms with Crippen LogP contribution in [-0.4, -0.2) is 35.5 Å². The first-order valence-corrected chi connectivity index (χ1v) is 8.70. The molecule has 29 heavy (non-hydrogen) atoms. The smallest absolute Gasteiger partial charge is 0.320 e. The molecule has 0 unspecified atom stereocenters. The van der Waals surface area contributed by atoms with E-state index in [0.29, 0.717) is 23.0 Å². The molecule has 0 atom stereocenters. The Kier molecular flexibility index (Phi) is 4.89. The van der Waals surface area contributed by atoms with E-state index in [-0.39, 0.29) is 12.1 Å². The van der Waals surface area contributed by atoms with Crippen LogP contribution in [0.25, 0.3) is 22.3 Å². The van der Waals surface area contributed by atoms with Crippen LogP contribution in [0.4, 0.5) is 10.6 Å². The van der Waals surface area contributed by atoms with Gasteiger partial charge in [-0.05, 0) is 24.3 Å². The van der Waals surface area contributed by atoms with Crippen molar-refractivity contribution in [3.8, 4) is 11.4 Å². The molecule has 0 radical (unpaired) electrons. The maximum absolute atomic E-state index is 12.4. The van der Waals surface area contributed by atoms with Crippen molar-refractivity contribution < 1.29 is 4.79 Å². The third-order valence-corrected chi connectivity index (χ3v) is 4.24. The molecule has 4 aromatic heterocycles. The van der Waals surface area contributed by atoms with Gasteiger partial charge in [-0.25, -0.2) is 24.7 Å². The second kappa shape index (κ2) is 7.80. The number of urea groups is 1. The number of hydrogen-bond acceptors (Lipinski definition) is 7. The van der Waals surface area contributed by atoms with Crippen molar-refractivity contribution in [2.45, 2.75) is 6.54 Å². The Morgan fingerprint density at radius 2 is 1.97 bits per heavy atom. The second-order valence-corrected chi connectivity index (χ2v) is 6.09. The fourth-order valence-electron chi connectivity index (χ4n) is 2.73. The van der Waals surface area contributed by atoms with Crippen molar-refractivity contribution in [1.29, 1.82) is 0 Å². The van der Waals surface area contributed by atoms with Crippen molar-refractivity contribution in [3.63, 3.8) is 0 Å². The summed E-state index contributed by atoms with van der Waals surface area (Å²) in [6.07, 6.45) is 6.19. The Labute approximate surface area is 164 Å². The lowest BCUT2D eigenvalue weighted by Gasteiger charge is -2.11. The maximum atomic E-state index is 12.4. The highest BCUT2D eigenvalue weighted by atomic mass is 16.2. The molecule has 2 N–H and O–H groups in total. The van der Waals surface area contributed by atoms with Crippen LogP contribution in [-0.2, 0) is 13.6 Å². The zero-order valence-corrected chi connectivity index (χ0v) is 15.4. The standard InChI is InChI=1S/C19H16N8O2/c1-27-16(25-15(9-17(27)28)14-4-7-20-11-24-14)10-23-19(29)26-18-12-3-2-6-21-13(12)5-8-22-18/h2-9,11H,10H2,1H3,(H2,22,23,26,29). The highest BCUT2D eigenvalue weighted by Gasteiger charge is 2.11. The number of amides is 2. The van der Waals surface area contributed by atoms with E-state index in [9.17, 15) is 9.59 Å². The quantitative estimate of drug-likeness (QED) is 0.542. The molecule has 0 aliphatic heterocycles. The van der Waals surface area contributed by atoms with Crippen molar-refractivity contribution in [1.82, 2.24) is 34.8 Å². The zero-order chi connectivity index (χ0) is 20.2. The van der Waals surface area contributed by atoms with Gasteiger partial charge in [0, 0.05) is 37.1 Å². The van der Waals surface area contributed by atoms with Crippen LogP contribution in [0, 0.1) is 0 Å². The number of aromatic nitrogens is 6. The number of carbonyl (C=O) groups is 1. The number of rotatable bonds is 4. The Balaban J connectivity index is 1.52. The van der Waals surface area contributed by atoms with Gasteiger partial charge in [-0.1, -0.05) is 0 Å². The first kappa shape index (κ1) is 18.2. The Bertz CT molecular complexity index is 1230. The second-order valence-electron chi connectivity index (χ2n) is 6.09. The summed E-state index contributed by atoms with van der Waals surface area (Å²) in [4.78, 5) is 45.4. The monoisotopic (exact) mass is 388 g/mol. The molecule has 4 heterocycles. The van der Waals surface area contributed by atoms with E-state index in [2.05, 4.69) is 35.6 Å². The average molecular weight is 388 g/mol. The van der Waals surface area contributed by atoms with Crippen molar-refractivity contribution in [2.75, 3.05) is 5.32 Å². The number of fused-ring (bicyclic) bond motifs is 1. The van der Waals surface area contributed by atoms with Crippen LogP contribution in [0.2, 0.25) is 0 Å². The van der Waals surface area contributed by atoms with Gasteiger partial charge in [-0.2, -0.15) is 0 Å². The van der Waals surface area contributed by atoms with Gasteiger partial charge >= 0.3 is 6.03 Å². The normalized spacial score (nSPS) is 10.7. The summed E-state index contributed by atoms with van der Waals surface area (Å²) in [6.45, 7) is 0.0412.